The quantitative estimate of drug-likeness (QED) is 0.0496. The SMILES string of the molecule is CCCOC(=O)c1ccc(O)cc1.COC(=O)c1ccc(O)cc1.O=C(NCNC(=O)NC1(CO)NC(=O)NC1=O)NC1(CO)NC(=O)NC1=O.[Na].[Na]. The number of aliphatic hydroxyl groups excluding tert-OH is 2. The summed E-state index contributed by atoms with van der Waals surface area (Å²) in [5.41, 5.74) is -3.22. The van der Waals surface area contributed by atoms with E-state index in [0.29, 0.717) is 17.7 Å². The molecule has 2 aromatic rings. The molecule has 24 heteroatoms. The van der Waals surface area contributed by atoms with Crippen LogP contribution in [0.1, 0.15) is 34.1 Å². The zero-order chi connectivity index (χ0) is 38.2. The van der Waals surface area contributed by atoms with Crippen LogP contribution in [0, 0.1) is 0 Å². The van der Waals surface area contributed by atoms with Gasteiger partial charge in [-0.15, -0.1) is 0 Å². The second kappa shape index (κ2) is 23.1. The third-order valence-corrected chi connectivity index (χ3v) is 6.34. The summed E-state index contributed by atoms with van der Waals surface area (Å²) in [5.74, 6) is -2.43. The maximum absolute atomic E-state index is 11.8. The number of benzene rings is 2. The molecule has 0 spiro atoms. The smallest absolute Gasteiger partial charge is 0.338 e. The van der Waals surface area contributed by atoms with Crippen molar-refractivity contribution in [3.05, 3.63) is 59.7 Å². The summed E-state index contributed by atoms with van der Waals surface area (Å²) in [6.07, 6.45) is 0.809. The summed E-state index contributed by atoms with van der Waals surface area (Å²) in [4.78, 5) is 91.0. The number of carbonyl (C=O) groups excluding carboxylic acids is 8. The molecule has 0 aliphatic carbocycles. The van der Waals surface area contributed by atoms with Crippen molar-refractivity contribution in [2.75, 3.05) is 33.6 Å². The summed E-state index contributed by atoms with van der Waals surface area (Å²) in [5, 5.41) is 52.3. The van der Waals surface area contributed by atoms with Crippen LogP contribution in [0.2, 0.25) is 0 Å². The fourth-order valence-corrected chi connectivity index (χ4v) is 3.73. The zero-order valence-electron chi connectivity index (χ0n) is 29.0. The largest absolute Gasteiger partial charge is 0.508 e. The predicted molar refractivity (Wildman–Crippen MR) is 181 cm³/mol. The van der Waals surface area contributed by atoms with Crippen molar-refractivity contribution in [2.24, 2.45) is 0 Å². The van der Waals surface area contributed by atoms with Crippen LogP contribution in [0.25, 0.3) is 0 Å². The Kier molecular flexibility index (Phi) is 21.0. The number of hydrogen-bond acceptors (Lipinski definition) is 14. The van der Waals surface area contributed by atoms with Gasteiger partial charge in [0.1, 0.15) is 11.5 Å². The van der Waals surface area contributed by atoms with Crippen molar-refractivity contribution in [1.29, 1.82) is 0 Å². The van der Waals surface area contributed by atoms with E-state index in [1.54, 1.807) is 0 Å². The molecule has 278 valence electrons. The van der Waals surface area contributed by atoms with Gasteiger partial charge in [0.15, 0.2) is 0 Å². The van der Waals surface area contributed by atoms with Crippen LogP contribution in [0.5, 0.6) is 11.5 Å². The Hall–Kier alpha value is -4.68. The minimum absolute atomic E-state index is 0. The first-order chi connectivity index (χ1) is 24.1. The van der Waals surface area contributed by atoms with Gasteiger partial charge in [0.2, 0.25) is 11.3 Å². The maximum Gasteiger partial charge on any atom is 0.338 e. The minimum atomic E-state index is -2.06. The van der Waals surface area contributed by atoms with Gasteiger partial charge in [0.25, 0.3) is 11.8 Å². The molecule has 2 heterocycles. The van der Waals surface area contributed by atoms with Crippen LogP contribution >= 0.6 is 0 Å². The van der Waals surface area contributed by atoms with E-state index >= 15 is 0 Å². The molecule has 2 radical (unpaired) electrons. The van der Waals surface area contributed by atoms with Crippen LogP contribution in [0.15, 0.2) is 48.5 Å². The third kappa shape index (κ3) is 14.7. The molecular formula is C29H36N8Na2O14. The van der Waals surface area contributed by atoms with Gasteiger partial charge in [-0.25, -0.2) is 28.8 Å². The van der Waals surface area contributed by atoms with Gasteiger partial charge in [-0.05, 0) is 55.0 Å². The molecular weight excluding hydrogens is 730 g/mol. The summed E-state index contributed by atoms with van der Waals surface area (Å²) >= 11 is 0. The van der Waals surface area contributed by atoms with E-state index in [4.69, 9.17) is 14.9 Å². The van der Waals surface area contributed by atoms with Gasteiger partial charge in [0.05, 0.1) is 44.7 Å². The monoisotopic (exact) mass is 766 g/mol. The van der Waals surface area contributed by atoms with Crippen LogP contribution in [0.3, 0.4) is 0 Å². The molecule has 22 nitrogen and oxygen atoms in total. The van der Waals surface area contributed by atoms with Crippen molar-refractivity contribution in [3.63, 3.8) is 0 Å². The summed E-state index contributed by atoms with van der Waals surface area (Å²) in [7, 11) is 1.31. The second-order valence-electron chi connectivity index (χ2n) is 10.1. The molecule has 4 rings (SSSR count). The Balaban J connectivity index is 0.000000865. The molecule has 10 amide bonds. The Morgan fingerprint density at radius 3 is 1.36 bits per heavy atom. The van der Waals surface area contributed by atoms with Crippen molar-refractivity contribution in [3.8, 4) is 11.5 Å². The first kappa shape index (κ1) is 48.3. The number of rotatable bonds is 10. The van der Waals surface area contributed by atoms with Crippen molar-refractivity contribution in [1.82, 2.24) is 42.5 Å². The van der Waals surface area contributed by atoms with E-state index in [0.717, 1.165) is 6.42 Å². The second-order valence-corrected chi connectivity index (χ2v) is 10.1. The van der Waals surface area contributed by atoms with E-state index in [1.807, 2.05) is 38.8 Å². The van der Waals surface area contributed by atoms with E-state index in [-0.39, 0.29) is 76.6 Å². The van der Waals surface area contributed by atoms with Crippen molar-refractivity contribution in [2.45, 2.75) is 24.7 Å². The zero-order valence-corrected chi connectivity index (χ0v) is 33.0. The number of imide groups is 2. The Bertz CT molecular complexity index is 1560. The van der Waals surface area contributed by atoms with Gasteiger partial charge in [-0.1, -0.05) is 6.92 Å². The Morgan fingerprint density at radius 1 is 0.679 bits per heavy atom. The number of ether oxygens (including phenoxy) is 2. The number of phenols is 2. The molecule has 0 saturated carbocycles. The molecule has 2 aromatic carbocycles. The number of urea groups is 4. The van der Waals surface area contributed by atoms with Crippen molar-refractivity contribution >= 4 is 107 Å². The van der Waals surface area contributed by atoms with Gasteiger partial charge >= 0.3 is 36.1 Å². The van der Waals surface area contributed by atoms with Gasteiger partial charge in [-0.3, -0.25) is 20.2 Å². The number of methoxy groups -OCH3 is 1. The number of nitrogens with one attached hydrogen (secondary N) is 8. The molecule has 2 fully saturated rings. The number of aromatic hydroxyl groups is 2. The number of carbonyl (C=O) groups is 8. The number of phenolic OH excluding ortho intramolecular Hbond substituents is 2. The molecule has 0 aromatic heterocycles. The van der Waals surface area contributed by atoms with E-state index < -0.39 is 73.1 Å². The van der Waals surface area contributed by atoms with Crippen LogP contribution in [0.4, 0.5) is 19.2 Å². The van der Waals surface area contributed by atoms with Gasteiger partial charge in [0, 0.05) is 59.1 Å². The van der Waals surface area contributed by atoms with Crippen LogP contribution < -0.4 is 42.5 Å². The summed E-state index contributed by atoms with van der Waals surface area (Å²) in [6.45, 7) is -0.0187. The van der Waals surface area contributed by atoms with Crippen LogP contribution in [-0.4, -0.2) is 172 Å². The standard InChI is InChI=1S/C11H16N8O8.C10H12O3.C8H8O3.2Na/c20-1-10(4(22)14-8(26)18-10)16-6(24)12-3-13-7(25)17-11(2-21)5(23)15-9(27)19-11;1-2-7-13-10(12)8-3-5-9(11)6-4-8;1-11-8(10)6-2-4-7(9)5-3-6;;/h20-21H,1-3H2,(H2,12,16,24)(H2,13,17,25)(H2,14,18,22,26)(H2,15,19,23,27);3-6,11H,2,7H2,1H3;2-5,9H,1H3;;. The van der Waals surface area contributed by atoms with Gasteiger partial charge < -0.3 is 61.8 Å². The average Bonchev–Trinajstić information content (AvgIpc) is 3.55. The number of esters is 2. The maximum atomic E-state index is 11.8. The number of aliphatic hydroxyl groups is 2. The number of amides is 10. The molecule has 2 aliphatic heterocycles. The molecule has 0 bridgehead atoms. The Morgan fingerprint density at radius 2 is 1.06 bits per heavy atom. The summed E-state index contributed by atoms with van der Waals surface area (Å²) in [6, 6.07) is 7.96. The molecule has 2 atom stereocenters. The summed E-state index contributed by atoms with van der Waals surface area (Å²) < 4.78 is 9.35. The molecule has 2 unspecified atom stereocenters. The number of hydrogen-bond donors (Lipinski definition) is 12. The normalized spacial score (nSPS) is 17.7. The molecule has 2 aliphatic rings. The average molecular weight is 767 g/mol. The third-order valence-electron chi connectivity index (χ3n) is 6.34. The fraction of sp³-hybridized carbons (Fsp3) is 0.310. The van der Waals surface area contributed by atoms with Gasteiger partial charge in [-0.2, -0.15) is 0 Å². The first-order valence-corrected chi connectivity index (χ1v) is 14.6. The first-order valence-electron chi connectivity index (χ1n) is 14.6. The Labute approximate surface area is 345 Å². The topological polar surface area (TPSA) is 332 Å². The minimum Gasteiger partial charge on any atom is -0.508 e. The fourth-order valence-electron chi connectivity index (χ4n) is 3.73. The molecule has 53 heavy (non-hydrogen) atoms. The predicted octanol–water partition coefficient (Wildman–Crippen LogP) is -3.03. The van der Waals surface area contributed by atoms with E-state index in [2.05, 4.69) is 15.4 Å². The van der Waals surface area contributed by atoms with Crippen LogP contribution in [-0.2, 0) is 19.1 Å². The van der Waals surface area contributed by atoms with E-state index in [9.17, 15) is 48.6 Å². The molecule has 12 N–H and O–H groups in total. The van der Waals surface area contributed by atoms with E-state index in [1.165, 1.54) is 55.6 Å². The molecule has 2 saturated heterocycles. The van der Waals surface area contributed by atoms with Crippen molar-refractivity contribution < 1.29 is 68.3 Å².